The quantitative estimate of drug-likeness (QED) is 0.717. The number of fused-ring (bicyclic) bond motifs is 3. The maximum absolute atomic E-state index is 5.99. The highest BCUT2D eigenvalue weighted by molar-refractivity contribution is 5.77. The van der Waals surface area contributed by atoms with Gasteiger partial charge in [0.1, 0.15) is 12.4 Å². The molecule has 0 amide bonds. The summed E-state index contributed by atoms with van der Waals surface area (Å²) in [7, 11) is 0. The third-order valence-electron chi connectivity index (χ3n) is 4.89. The number of rotatable bonds is 4. The van der Waals surface area contributed by atoms with Gasteiger partial charge in [0, 0.05) is 6.54 Å². The molecular formula is C20H23NO. The molecule has 0 unspecified atom stereocenters. The third kappa shape index (κ3) is 2.76. The second-order valence-corrected chi connectivity index (χ2v) is 6.40. The Morgan fingerprint density at radius 2 is 1.68 bits per heavy atom. The zero-order chi connectivity index (χ0) is 14.8. The topological polar surface area (TPSA) is 12.5 Å². The Hall–Kier alpha value is -1.80. The molecular weight excluding hydrogens is 270 g/mol. The molecule has 1 fully saturated rings. The lowest BCUT2D eigenvalue weighted by atomic mass is 10.1. The Kier molecular flexibility index (Phi) is 3.86. The maximum atomic E-state index is 5.99. The van der Waals surface area contributed by atoms with Gasteiger partial charge in [0.25, 0.3) is 0 Å². The molecule has 1 aliphatic heterocycles. The molecule has 2 aromatic carbocycles. The summed E-state index contributed by atoms with van der Waals surface area (Å²) in [6.45, 7) is 4.33. The van der Waals surface area contributed by atoms with Crippen molar-refractivity contribution in [2.75, 3.05) is 26.2 Å². The number of ether oxygens (including phenoxy) is 1. The molecule has 0 saturated carbocycles. The van der Waals surface area contributed by atoms with Crippen molar-refractivity contribution >= 4 is 0 Å². The summed E-state index contributed by atoms with van der Waals surface area (Å²) in [4.78, 5) is 2.52. The zero-order valence-electron chi connectivity index (χ0n) is 13.1. The molecule has 4 rings (SSSR count). The smallest absolute Gasteiger partial charge is 0.119 e. The first kappa shape index (κ1) is 13.8. The number of hydrogen-bond acceptors (Lipinski definition) is 2. The summed E-state index contributed by atoms with van der Waals surface area (Å²) in [6.07, 6.45) is 5.12. The lowest BCUT2D eigenvalue weighted by Crippen LogP contribution is -2.33. The molecule has 2 nitrogen and oxygen atoms in total. The minimum atomic E-state index is 0.797. The first-order valence-corrected chi connectivity index (χ1v) is 8.46. The SMILES string of the molecule is c1ccc2c(c1)Cc1cc(OCCN3CCCCC3)ccc1-2. The van der Waals surface area contributed by atoms with Crippen molar-refractivity contribution in [2.45, 2.75) is 25.7 Å². The summed E-state index contributed by atoms with van der Waals surface area (Å²) >= 11 is 0. The lowest BCUT2D eigenvalue weighted by molar-refractivity contribution is 0.183. The van der Waals surface area contributed by atoms with E-state index >= 15 is 0 Å². The predicted octanol–water partition coefficient (Wildman–Crippen LogP) is 4.12. The average Bonchev–Trinajstić information content (AvgIpc) is 2.93. The van der Waals surface area contributed by atoms with Gasteiger partial charge in [0.05, 0.1) is 0 Å². The van der Waals surface area contributed by atoms with Crippen LogP contribution in [0, 0.1) is 0 Å². The van der Waals surface area contributed by atoms with E-state index in [0.29, 0.717) is 0 Å². The van der Waals surface area contributed by atoms with Crippen molar-refractivity contribution in [1.29, 1.82) is 0 Å². The lowest BCUT2D eigenvalue weighted by Gasteiger charge is -2.26. The molecule has 0 atom stereocenters. The van der Waals surface area contributed by atoms with Crippen LogP contribution in [0.5, 0.6) is 5.75 Å². The number of benzene rings is 2. The van der Waals surface area contributed by atoms with Gasteiger partial charge in [-0.1, -0.05) is 36.8 Å². The number of nitrogens with zero attached hydrogens (tertiary/aromatic N) is 1. The van der Waals surface area contributed by atoms with Gasteiger partial charge >= 0.3 is 0 Å². The van der Waals surface area contributed by atoms with Crippen molar-refractivity contribution in [3.63, 3.8) is 0 Å². The summed E-state index contributed by atoms with van der Waals surface area (Å²) in [5, 5.41) is 0. The molecule has 1 aliphatic carbocycles. The van der Waals surface area contributed by atoms with Crippen LogP contribution in [0.1, 0.15) is 30.4 Å². The normalized spacial score (nSPS) is 17.1. The van der Waals surface area contributed by atoms with Crippen LogP contribution in [0.25, 0.3) is 11.1 Å². The van der Waals surface area contributed by atoms with E-state index in [1.165, 1.54) is 54.6 Å². The molecule has 0 N–H and O–H groups in total. The Labute approximate surface area is 132 Å². The molecule has 114 valence electrons. The summed E-state index contributed by atoms with van der Waals surface area (Å²) in [5.74, 6) is 1.02. The van der Waals surface area contributed by atoms with E-state index in [-0.39, 0.29) is 0 Å². The van der Waals surface area contributed by atoms with Crippen LogP contribution >= 0.6 is 0 Å². The van der Waals surface area contributed by atoms with Gasteiger partial charge in [-0.2, -0.15) is 0 Å². The fourth-order valence-electron chi connectivity index (χ4n) is 3.69. The zero-order valence-corrected chi connectivity index (χ0v) is 13.1. The highest BCUT2D eigenvalue weighted by atomic mass is 16.5. The van der Waals surface area contributed by atoms with Gasteiger partial charge < -0.3 is 4.74 Å². The van der Waals surface area contributed by atoms with Crippen molar-refractivity contribution in [3.05, 3.63) is 53.6 Å². The van der Waals surface area contributed by atoms with E-state index in [0.717, 1.165) is 25.3 Å². The highest BCUT2D eigenvalue weighted by Gasteiger charge is 2.18. The second kappa shape index (κ2) is 6.13. The van der Waals surface area contributed by atoms with Crippen LogP contribution in [0.2, 0.25) is 0 Å². The van der Waals surface area contributed by atoms with Gasteiger partial charge in [-0.3, -0.25) is 4.90 Å². The Morgan fingerprint density at radius 1 is 0.864 bits per heavy atom. The summed E-state index contributed by atoms with van der Waals surface area (Å²) in [6, 6.07) is 15.3. The van der Waals surface area contributed by atoms with Crippen LogP contribution in [0.4, 0.5) is 0 Å². The van der Waals surface area contributed by atoms with E-state index in [9.17, 15) is 0 Å². The molecule has 2 aliphatic rings. The van der Waals surface area contributed by atoms with Crippen LogP contribution in [0.15, 0.2) is 42.5 Å². The summed E-state index contributed by atoms with van der Waals surface area (Å²) in [5.41, 5.74) is 5.59. The third-order valence-corrected chi connectivity index (χ3v) is 4.89. The largest absolute Gasteiger partial charge is 0.492 e. The van der Waals surface area contributed by atoms with E-state index in [4.69, 9.17) is 4.74 Å². The van der Waals surface area contributed by atoms with Crippen LogP contribution in [0.3, 0.4) is 0 Å². The molecule has 22 heavy (non-hydrogen) atoms. The molecule has 0 aromatic heterocycles. The molecule has 0 bridgehead atoms. The van der Waals surface area contributed by atoms with Gasteiger partial charge in [0.2, 0.25) is 0 Å². The molecule has 0 radical (unpaired) electrons. The number of likely N-dealkylation sites (tertiary alicyclic amines) is 1. The van der Waals surface area contributed by atoms with E-state index < -0.39 is 0 Å². The first-order valence-electron chi connectivity index (χ1n) is 8.46. The molecule has 2 heteroatoms. The number of piperidine rings is 1. The van der Waals surface area contributed by atoms with Gasteiger partial charge in [-0.05, 0) is 66.7 Å². The van der Waals surface area contributed by atoms with Gasteiger partial charge in [-0.25, -0.2) is 0 Å². The highest BCUT2D eigenvalue weighted by Crippen LogP contribution is 2.37. The maximum Gasteiger partial charge on any atom is 0.119 e. The van der Waals surface area contributed by atoms with E-state index in [1.807, 2.05) is 0 Å². The summed E-state index contributed by atoms with van der Waals surface area (Å²) < 4.78 is 5.99. The monoisotopic (exact) mass is 293 g/mol. The Balaban J connectivity index is 1.39. The van der Waals surface area contributed by atoms with Crippen LogP contribution in [-0.2, 0) is 6.42 Å². The number of hydrogen-bond donors (Lipinski definition) is 0. The Morgan fingerprint density at radius 3 is 2.59 bits per heavy atom. The second-order valence-electron chi connectivity index (χ2n) is 6.40. The fourth-order valence-corrected chi connectivity index (χ4v) is 3.69. The minimum absolute atomic E-state index is 0.797. The van der Waals surface area contributed by atoms with Crippen LogP contribution in [-0.4, -0.2) is 31.1 Å². The standard InChI is InChI=1S/C20H23NO/c1-4-10-21(11-5-1)12-13-22-18-8-9-20-17(15-18)14-16-6-2-3-7-19(16)20/h2-3,6-9,15H,1,4-5,10-14H2. The molecule has 1 heterocycles. The molecule has 0 spiro atoms. The van der Waals surface area contributed by atoms with Crippen molar-refractivity contribution in [1.82, 2.24) is 4.90 Å². The Bertz CT molecular complexity index is 659. The van der Waals surface area contributed by atoms with Crippen LogP contribution < -0.4 is 4.74 Å². The fraction of sp³-hybridized carbons (Fsp3) is 0.400. The first-order chi connectivity index (χ1) is 10.9. The van der Waals surface area contributed by atoms with Gasteiger partial charge in [-0.15, -0.1) is 0 Å². The van der Waals surface area contributed by atoms with Crippen molar-refractivity contribution in [2.24, 2.45) is 0 Å². The minimum Gasteiger partial charge on any atom is -0.492 e. The van der Waals surface area contributed by atoms with Crippen molar-refractivity contribution < 1.29 is 4.74 Å². The van der Waals surface area contributed by atoms with Crippen molar-refractivity contribution in [3.8, 4) is 16.9 Å². The predicted molar refractivity (Wildman–Crippen MR) is 90.5 cm³/mol. The van der Waals surface area contributed by atoms with E-state index in [2.05, 4.69) is 47.4 Å². The molecule has 1 saturated heterocycles. The van der Waals surface area contributed by atoms with E-state index in [1.54, 1.807) is 0 Å². The average molecular weight is 293 g/mol. The molecule has 2 aromatic rings. The van der Waals surface area contributed by atoms with Gasteiger partial charge in [0.15, 0.2) is 0 Å².